The van der Waals surface area contributed by atoms with Crippen molar-refractivity contribution in [1.29, 1.82) is 0 Å². The molecule has 3 atom stereocenters. The first-order valence-corrected chi connectivity index (χ1v) is 4.60. The maximum atomic E-state index is 11.5. The van der Waals surface area contributed by atoms with Gasteiger partial charge in [0.15, 0.2) is 0 Å². The topological polar surface area (TPSA) is 37.3 Å². The largest absolute Gasteiger partial charge is 0.393 e. The molecule has 0 heterocycles. The molecule has 0 aromatic rings. The minimum atomic E-state index is -0.268. The Morgan fingerprint density at radius 2 is 2.00 bits per heavy atom. The first kappa shape index (κ1) is 8.24. The van der Waals surface area contributed by atoms with Crippen molar-refractivity contribution < 1.29 is 9.90 Å². The lowest BCUT2D eigenvalue weighted by molar-refractivity contribution is -0.124. The monoisotopic (exact) mass is 168 g/mol. The zero-order chi connectivity index (χ0) is 9.15. The van der Waals surface area contributed by atoms with Gasteiger partial charge in [-0.05, 0) is 11.8 Å². The maximum Gasteiger partial charge on any atom is 0.137 e. The van der Waals surface area contributed by atoms with E-state index in [0.29, 0.717) is 18.6 Å². The van der Waals surface area contributed by atoms with E-state index in [1.165, 1.54) is 0 Å². The summed E-state index contributed by atoms with van der Waals surface area (Å²) < 4.78 is 0. The van der Waals surface area contributed by atoms with Crippen molar-refractivity contribution in [2.45, 2.75) is 39.7 Å². The average Bonchev–Trinajstić information content (AvgIpc) is 2.18. The van der Waals surface area contributed by atoms with Crippen LogP contribution in [0.15, 0.2) is 0 Å². The molecule has 2 bridgehead atoms. The van der Waals surface area contributed by atoms with E-state index in [9.17, 15) is 9.90 Å². The Hall–Kier alpha value is -0.370. The molecule has 68 valence electrons. The predicted molar refractivity (Wildman–Crippen MR) is 45.6 cm³/mol. The van der Waals surface area contributed by atoms with Crippen molar-refractivity contribution in [1.82, 2.24) is 0 Å². The van der Waals surface area contributed by atoms with E-state index >= 15 is 0 Å². The van der Waals surface area contributed by atoms with Crippen LogP contribution in [-0.4, -0.2) is 17.0 Å². The summed E-state index contributed by atoms with van der Waals surface area (Å²) in [6, 6.07) is 0. The lowest BCUT2D eigenvalue weighted by Crippen LogP contribution is -2.35. The number of ketones is 1. The van der Waals surface area contributed by atoms with E-state index in [1.54, 1.807) is 0 Å². The summed E-state index contributed by atoms with van der Waals surface area (Å²) in [5.41, 5.74) is -0.155. The quantitative estimate of drug-likeness (QED) is 0.593. The Balaban J connectivity index is 2.47. The number of hydrogen-bond acceptors (Lipinski definition) is 2. The molecule has 2 heteroatoms. The summed E-state index contributed by atoms with van der Waals surface area (Å²) in [5.74, 6) is 0.463. The van der Waals surface area contributed by atoms with Gasteiger partial charge in [-0.25, -0.2) is 0 Å². The van der Waals surface area contributed by atoms with E-state index in [-0.39, 0.29) is 22.9 Å². The van der Waals surface area contributed by atoms with Gasteiger partial charge in [0.05, 0.1) is 6.10 Å². The van der Waals surface area contributed by atoms with Crippen molar-refractivity contribution in [2.75, 3.05) is 0 Å². The Labute approximate surface area is 73.0 Å². The third-order valence-corrected chi connectivity index (χ3v) is 4.47. The number of carbonyl (C=O) groups excluding carboxylic acids is 1. The first-order valence-electron chi connectivity index (χ1n) is 4.60. The van der Waals surface area contributed by atoms with Crippen molar-refractivity contribution in [2.24, 2.45) is 16.7 Å². The molecule has 12 heavy (non-hydrogen) atoms. The van der Waals surface area contributed by atoms with Crippen LogP contribution in [0.4, 0.5) is 0 Å². The minimum absolute atomic E-state index is 0.00347. The van der Waals surface area contributed by atoms with Crippen LogP contribution < -0.4 is 0 Å². The fourth-order valence-corrected chi connectivity index (χ4v) is 2.97. The third kappa shape index (κ3) is 0.634. The molecule has 2 rings (SSSR count). The molecule has 0 aromatic heterocycles. The van der Waals surface area contributed by atoms with Gasteiger partial charge in [0.1, 0.15) is 5.78 Å². The first-order chi connectivity index (χ1) is 5.39. The van der Waals surface area contributed by atoms with Crippen molar-refractivity contribution in [3.05, 3.63) is 0 Å². The second-order valence-electron chi connectivity index (χ2n) is 5.09. The summed E-state index contributed by atoms with van der Waals surface area (Å²) in [4.78, 5) is 11.5. The number of aliphatic hydroxyl groups is 1. The smallest absolute Gasteiger partial charge is 0.137 e. The number of Topliss-reactive ketones (excluding diaryl/α,β-unsaturated/α-hetero) is 1. The van der Waals surface area contributed by atoms with Gasteiger partial charge in [-0.2, -0.15) is 0 Å². The highest BCUT2D eigenvalue weighted by Crippen LogP contribution is 2.63. The van der Waals surface area contributed by atoms with Crippen LogP contribution in [0.1, 0.15) is 33.6 Å². The molecule has 2 saturated carbocycles. The van der Waals surface area contributed by atoms with Crippen LogP contribution in [0.3, 0.4) is 0 Å². The van der Waals surface area contributed by atoms with Crippen LogP contribution in [0.2, 0.25) is 0 Å². The molecule has 0 aromatic carbocycles. The molecule has 0 spiro atoms. The van der Waals surface area contributed by atoms with E-state index in [4.69, 9.17) is 0 Å². The Morgan fingerprint density at radius 3 is 2.25 bits per heavy atom. The number of hydrogen-bond donors (Lipinski definition) is 1. The molecular weight excluding hydrogens is 152 g/mol. The van der Waals surface area contributed by atoms with Crippen molar-refractivity contribution in [3.63, 3.8) is 0 Å². The lowest BCUT2D eigenvalue weighted by Gasteiger charge is -2.35. The molecule has 2 fully saturated rings. The third-order valence-electron chi connectivity index (χ3n) is 4.47. The van der Waals surface area contributed by atoms with Gasteiger partial charge in [-0.3, -0.25) is 4.79 Å². The zero-order valence-corrected chi connectivity index (χ0v) is 7.92. The minimum Gasteiger partial charge on any atom is -0.393 e. The van der Waals surface area contributed by atoms with Crippen LogP contribution >= 0.6 is 0 Å². The van der Waals surface area contributed by atoms with Crippen molar-refractivity contribution in [3.8, 4) is 0 Å². The van der Waals surface area contributed by atoms with Crippen LogP contribution in [0.25, 0.3) is 0 Å². The van der Waals surface area contributed by atoms with Gasteiger partial charge in [-0.1, -0.05) is 20.8 Å². The molecule has 0 aliphatic heterocycles. The fraction of sp³-hybridized carbons (Fsp3) is 0.900. The van der Waals surface area contributed by atoms with Gasteiger partial charge < -0.3 is 5.11 Å². The molecule has 2 aliphatic rings. The van der Waals surface area contributed by atoms with E-state index in [1.807, 2.05) is 6.92 Å². The maximum absolute atomic E-state index is 11.5. The number of rotatable bonds is 0. The highest BCUT2D eigenvalue weighted by molar-refractivity contribution is 5.87. The lowest BCUT2D eigenvalue weighted by atomic mass is 9.70. The van der Waals surface area contributed by atoms with E-state index < -0.39 is 0 Å². The zero-order valence-electron chi connectivity index (χ0n) is 7.92. The van der Waals surface area contributed by atoms with Crippen LogP contribution in [0, 0.1) is 16.7 Å². The van der Waals surface area contributed by atoms with E-state index in [2.05, 4.69) is 13.8 Å². The summed E-state index contributed by atoms with van der Waals surface area (Å²) in [6.07, 6.45) is 0.990. The normalized spacial score (nSPS) is 50.2. The second-order valence-corrected chi connectivity index (χ2v) is 5.09. The van der Waals surface area contributed by atoms with Gasteiger partial charge in [0, 0.05) is 17.8 Å². The number of carbonyl (C=O) groups is 1. The number of aliphatic hydroxyl groups excluding tert-OH is 1. The van der Waals surface area contributed by atoms with E-state index in [0.717, 1.165) is 0 Å². The second kappa shape index (κ2) is 1.92. The Morgan fingerprint density at radius 1 is 1.42 bits per heavy atom. The molecule has 0 saturated heterocycles. The Kier molecular flexibility index (Phi) is 1.32. The molecule has 2 aliphatic carbocycles. The Bertz CT molecular complexity index is 244. The standard InChI is InChI=1S/C10H16O2/c1-9(2)6-4-8(12)10(9,3)5-7(6)11/h6,8,12H,4-5H2,1-3H3/t6-,8-,10+/m0/s1. The van der Waals surface area contributed by atoms with Crippen LogP contribution in [0.5, 0.6) is 0 Å². The van der Waals surface area contributed by atoms with Gasteiger partial charge in [0.2, 0.25) is 0 Å². The molecule has 0 radical (unpaired) electrons. The molecule has 0 amide bonds. The molecular formula is C10H16O2. The highest BCUT2D eigenvalue weighted by Gasteiger charge is 2.65. The van der Waals surface area contributed by atoms with Crippen LogP contribution in [-0.2, 0) is 4.79 Å². The van der Waals surface area contributed by atoms with Gasteiger partial charge in [0.25, 0.3) is 0 Å². The van der Waals surface area contributed by atoms with Gasteiger partial charge in [-0.15, -0.1) is 0 Å². The fourth-order valence-electron chi connectivity index (χ4n) is 2.97. The van der Waals surface area contributed by atoms with Gasteiger partial charge >= 0.3 is 0 Å². The van der Waals surface area contributed by atoms with Crippen molar-refractivity contribution >= 4 is 5.78 Å². The molecule has 2 nitrogen and oxygen atoms in total. The highest BCUT2D eigenvalue weighted by atomic mass is 16.3. The summed E-state index contributed by atoms with van der Waals surface area (Å²) in [6.45, 7) is 6.26. The number of fused-ring (bicyclic) bond motifs is 2. The summed E-state index contributed by atoms with van der Waals surface area (Å²) >= 11 is 0. The molecule has 0 unspecified atom stereocenters. The summed E-state index contributed by atoms with van der Waals surface area (Å²) in [5, 5.41) is 9.78. The summed E-state index contributed by atoms with van der Waals surface area (Å²) in [7, 11) is 0. The SMILES string of the molecule is CC1(C)[C@H]2C[C@H](O)[C@@]1(C)CC2=O. The predicted octanol–water partition coefficient (Wildman–Crippen LogP) is 1.37. The molecule has 1 N–H and O–H groups in total. The average molecular weight is 168 g/mol.